The second-order valence-electron chi connectivity index (χ2n) is 5.51. The first-order chi connectivity index (χ1) is 9.65. The van der Waals surface area contributed by atoms with Crippen molar-refractivity contribution in [3.05, 3.63) is 44.5 Å². The zero-order valence-corrected chi connectivity index (χ0v) is 12.7. The molecule has 20 heavy (non-hydrogen) atoms. The van der Waals surface area contributed by atoms with E-state index in [1.165, 1.54) is 32.1 Å². The highest BCUT2D eigenvalue weighted by atomic mass is 79.9. The summed E-state index contributed by atoms with van der Waals surface area (Å²) in [5.74, 6) is 0.649. The van der Waals surface area contributed by atoms with Gasteiger partial charge in [0.05, 0.1) is 11.0 Å². The predicted octanol–water partition coefficient (Wildman–Crippen LogP) is 3.23. The third-order valence-corrected chi connectivity index (χ3v) is 5.40. The van der Waals surface area contributed by atoms with Gasteiger partial charge < -0.3 is 9.97 Å². The molecular formula is C15H17BrN2O2. The van der Waals surface area contributed by atoms with E-state index in [0.717, 1.165) is 5.56 Å². The van der Waals surface area contributed by atoms with Crippen molar-refractivity contribution in [2.24, 2.45) is 5.92 Å². The van der Waals surface area contributed by atoms with Gasteiger partial charge >= 0.3 is 11.1 Å². The average Bonchev–Trinajstić information content (AvgIpc) is 2.48. The van der Waals surface area contributed by atoms with E-state index in [2.05, 4.69) is 25.9 Å². The fourth-order valence-corrected chi connectivity index (χ4v) is 3.82. The summed E-state index contributed by atoms with van der Waals surface area (Å²) in [5, 5.41) is 0. The smallest absolute Gasteiger partial charge is 0.314 e. The van der Waals surface area contributed by atoms with E-state index in [1.54, 1.807) is 0 Å². The molecule has 0 aliphatic heterocycles. The van der Waals surface area contributed by atoms with Crippen molar-refractivity contribution in [3.63, 3.8) is 0 Å². The lowest BCUT2D eigenvalue weighted by Crippen LogP contribution is -2.28. The topological polar surface area (TPSA) is 65.7 Å². The molecule has 1 aliphatic rings. The summed E-state index contributed by atoms with van der Waals surface area (Å²) < 4.78 is 0. The Morgan fingerprint density at radius 2 is 1.65 bits per heavy atom. The summed E-state index contributed by atoms with van der Waals surface area (Å²) in [6.07, 6.45) is 6.42. The third kappa shape index (κ3) is 2.59. The predicted molar refractivity (Wildman–Crippen MR) is 83.4 cm³/mol. The molecule has 0 spiro atoms. The van der Waals surface area contributed by atoms with Gasteiger partial charge in [0, 0.05) is 4.83 Å². The Morgan fingerprint density at radius 1 is 1.00 bits per heavy atom. The molecule has 2 N–H and O–H groups in total. The van der Waals surface area contributed by atoms with Gasteiger partial charge in [-0.05, 0) is 36.5 Å². The van der Waals surface area contributed by atoms with E-state index in [-0.39, 0.29) is 0 Å². The monoisotopic (exact) mass is 336 g/mol. The largest absolute Gasteiger partial charge is 0.316 e. The Labute approximate surface area is 124 Å². The van der Waals surface area contributed by atoms with Gasteiger partial charge in [0.25, 0.3) is 0 Å². The molecule has 0 bridgehead atoms. The van der Waals surface area contributed by atoms with E-state index in [4.69, 9.17) is 0 Å². The van der Waals surface area contributed by atoms with Gasteiger partial charge in [0.2, 0.25) is 0 Å². The van der Waals surface area contributed by atoms with Crippen molar-refractivity contribution >= 4 is 27.0 Å². The lowest BCUT2D eigenvalue weighted by molar-refractivity contribution is 0.355. The molecule has 0 amide bonds. The zero-order chi connectivity index (χ0) is 14.1. The van der Waals surface area contributed by atoms with Crippen LogP contribution in [0.2, 0.25) is 0 Å². The molecular weight excluding hydrogens is 320 g/mol. The van der Waals surface area contributed by atoms with E-state index in [1.807, 2.05) is 18.2 Å². The Hall–Kier alpha value is -1.36. The molecule has 0 saturated heterocycles. The maximum Gasteiger partial charge on any atom is 0.314 e. The molecule has 1 aliphatic carbocycles. The molecule has 1 heterocycles. The first kappa shape index (κ1) is 13.6. The SMILES string of the molecule is O=c1[nH]c2ccc(C(Br)C3CCCCC3)cc2[nH]c1=O. The van der Waals surface area contributed by atoms with Crippen molar-refractivity contribution in [3.8, 4) is 0 Å². The summed E-state index contributed by atoms with van der Waals surface area (Å²) in [7, 11) is 0. The number of halogens is 1. The van der Waals surface area contributed by atoms with E-state index in [9.17, 15) is 9.59 Å². The Morgan fingerprint density at radius 3 is 2.35 bits per heavy atom. The van der Waals surface area contributed by atoms with Crippen molar-refractivity contribution in [1.29, 1.82) is 0 Å². The molecule has 1 fully saturated rings. The summed E-state index contributed by atoms with van der Waals surface area (Å²) in [5.41, 5.74) is 1.31. The Kier molecular flexibility index (Phi) is 3.78. The Balaban J connectivity index is 1.97. The number of hydrogen-bond donors (Lipinski definition) is 2. The minimum absolute atomic E-state index is 0.308. The molecule has 106 valence electrons. The normalized spacial score (nSPS) is 18.2. The average molecular weight is 337 g/mol. The standard InChI is InChI=1S/C15H17BrN2O2/c16-13(9-4-2-1-3-5-9)10-6-7-11-12(8-10)18-15(20)14(19)17-11/h6-9,13H,1-5H2,(H,17,19)(H,18,20). The van der Waals surface area contributed by atoms with E-state index >= 15 is 0 Å². The van der Waals surface area contributed by atoms with Gasteiger partial charge in [-0.3, -0.25) is 9.59 Å². The van der Waals surface area contributed by atoms with Gasteiger partial charge in [0.1, 0.15) is 0 Å². The number of nitrogens with one attached hydrogen (secondary N) is 2. The number of H-pyrrole nitrogens is 2. The fraction of sp³-hybridized carbons (Fsp3) is 0.467. The first-order valence-corrected chi connectivity index (χ1v) is 7.97. The zero-order valence-electron chi connectivity index (χ0n) is 11.1. The minimum atomic E-state index is -0.604. The molecule has 2 aromatic rings. The molecule has 1 aromatic carbocycles. The van der Waals surface area contributed by atoms with Crippen LogP contribution in [-0.2, 0) is 0 Å². The van der Waals surface area contributed by atoms with Crippen LogP contribution >= 0.6 is 15.9 Å². The number of rotatable bonds is 2. The minimum Gasteiger partial charge on any atom is -0.316 e. The summed E-state index contributed by atoms with van der Waals surface area (Å²) in [6.45, 7) is 0. The molecule has 3 rings (SSSR count). The quantitative estimate of drug-likeness (QED) is 0.653. The number of aromatic amines is 2. The molecule has 0 radical (unpaired) electrons. The number of aromatic nitrogens is 2. The summed E-state index contributed by atoms with van der Waals surface area (Å²) in [6, 6.07) is 5.84. The second-order valence-corrected chi connectivity index (χ2v) is 6.50. The van der Waals surface area contributed by atoms with Crippen LogP contribution in [0.5, 0.6) is 0 Å². The van der Waals surface area contributed by atoms with Crippen LogP contribution in [0.15, 0.2) is 27.8 Å². The van der Waals surface area contributed by atoms with Crippen LogP contribution in [-0.4, -0.2) is 9.97 Å². The number of alkyl halides is 1. The maximum atomic E-state index is 11.4. The number of fused-ring (bicyclic) bond motifs is 1. The molecule has 1 atom stereocenters. The van der Waals surface area contributed by atoms with E-state index < -0.39 is 11.1 Å². The van der Waals surface area contributed by atoms with Crippen LogP contribution in [0.25, 0.3) is 11.0 Å². The molecule has 1 unspecified atom stereocenters. The van der Waals surface area contributed by atoms with Crippen LogP contribution in [0.1, 0.15) is 42.5 Å². The number of hydrogen-bond acceptors (Lipinski definition) is 2. The van der Waals surface area contributed by atoms with Crippen molar-refractivity contribution in [1.82, 2.24) is 9.97 Å². The van der Waals surface area contributed by atoms with Crippen LogP contribution in [0.3, 0.4) is 0 Å². The van der Waals surface area contributed by atoms with Gasteiger partial charge in [-0.1, -0.05) is 41.3 Å². The van der Waals surface area contributed by atoms with Crippen molar-refractivity contribution < 1.29 is 0 Å². The van der Waals surface area contributed by atoms with Crippen LogP contribution in [0, 0.1) is 5.92 Å². The fourth-order valence-electron chi connectivity index (χ4n) is 3.00. The summed E-state index contributed by atoms with van der Waals surface area (Å²) in [4.78, 5) is 28.2. The third-order valence-electron chi connectivity index (χ3n) is 4.13. The highest BCUT2D eigenvalue weighted by molar-refractivity contribution is 9.09. The number of benzene rings is 1. The second kappa shape index (κ2) is 5.56. The van der Waals surface area contributed by atoms with E-state index in [0.29, 0.717) is 21.8 Å². The van der Waals surface area contributed by atoms with Crippen molar-refractivity contribution in [2.75, 3.05) is 0 Å². The van der Waals surface area contributed by atoms with Crippen LogP contribution in [0.4, 0.5) is 0 Å². The maximum absolute atomic E-state index is 11.4. The highest BCUT2D eigenvalue weighted by Crippen LogP contribution is 2.40. The van der Waals surface area contributed by atoms with Gasteiger partial charge in [-0.2, -0.15) is 0 Å². The van der Waals surface area contributed by atoms with Gasteiger partial charge in [-0.25, -0.2) is 0 Å². The highest BCUT2D eigenvalue weighted by Gasteiger charge is 2.22. The first-order valence-electron chi connectivity index (χ1n) is 7.05. The summed E-state index contributed by atoms with van der Waals surface area (Å²) >= 11 is 3.80. The lowest BCUT2D eigenvalue weighted by Gasteiger charge is -2.26. The van der Waals surface area contributed by atoms with Gasteiger partial charge in [-0.15, -0.1) is 0 Å². The Bertz CT molecular complexity index is 728. The molecule has 1 aromatic heterocycles. The molecule has 4 nitrogen and oxygen atoms in total. The van der Waals surface area contributed by atoms with Crippen molar-refractivity contribution in [2.45, 2.75) is 36.9 Å². The molecule has 5 heteroatoms. The van der Waals surface area contributed by atoms with Gasteiger partial charge in [0.15, 0.2) is 0 Å². The lowest BCUT2D eigenvalue weighted by atomic mass is 9.85. The van der Waals surface area contributed by atoms with Crippen LogP contribution < -0.4 is 11.1 Å². The molecule has 1 saturated carbocycles.